The number of carbonyl (C=O) groups is 3. The molecule has 1 unspecified atom stereocenters. The number of nitrogens with zero attached hydrogens (tertiary/aromatic N) is 4. The Morgan fingerprint density at radius 1 is 1.05 bits per heavy atom. The number of piperazine rings is 1. The van der Waals surface area contributed by atoms with Crippen LogP contribution < -0.4 is 23.7 Å². The third-order valence-electron chi connectivity index (χ3n) is 13.1. The van der Waals surface area contributed by atoms with E-state index >= 15 is 4.79 Å². The number of amides is 1. The van der Waals surface area contributed by atoms with E-state index in [2.05, 4.69) is 22.4 Å². The average Bonchev–Trinajstić information content (AvgIpc) is 3.71. The summed E-state index contributed by atoms with van der Waals surface area (Å²) in [6.45, 7) is 8.09. The molecule has 2 N–H and O–H groups in total. The summed E-state index contributed by atoms with van der Waals surface area (Å²) in [6, 6.07) is 4.37. The van der Waals surface area contributed by atoms with Crippen molar-refractivity contribution in [3.63, 3.8) is 0 Å². The average molecular weight is 841 g/mol. The predicted octanol–water partition coefficient (Wildman–Crippen LogP) is 4.98. The largest absolute Gasteiger partial charge is 0.504 e. The number of likely N-dealkylation sites (N-methyl/N-ethyl adjacent to an activating group) is 1. The molecule has 17 heteroatoms. The summed E-state index contributed by atoms with van der Waals surface area (Å²) in [5.74, 6) is -0.270. The summed E-state index contributed by atoms with van der Waals surface area (Å²) < 4.78 is 41.5. The molecule has 2 fully saturated rings. The van der Waals surface area contributed by atoms with Gasteiger partial charge < -0.3 is 43.4 Å². The van der Waals surface area contributed by atoms with Crippen LogP contribution in [0.5, 0.6) is 40.2 Å². The Morgan fingerprint density at radius 3 is 2.52 bits per heavy atom. The second kappa shape index (κ2) is 14.4. The van der Waals surface area contributed by atoms with E-state index in [9.17, 15) is 25.1 Å². The van der Waals surface area contributed by atoms with Gasteiger partial charge in [0.1, 0.15) is 18.4 Å². The number of nitriles is 1. The number of aryl methyl sites for hydroxylation is 1. The van der Waals surface area contributed by atoms with E-state index in [1.165, 1.54) is 43.9 Å². The van der Waals surface area contributed by atoms with Crippen LogP contribution in [0.1, 0.15) is 68.8 Å². The van der Waals surface area contributed by atoms with Crippen molar-refractivity contribution in [3.05, 3.63) is 75.5 Å². The molecular formula is C43H44N4O12S. The van der Waals surface area contributed by atoms with Gasteiger partial charge in [0.2, 0.25) is 6.79 Å². The number of carbonyl (C=O) groups excluding carboxylic acids is 3. The van der Waals surface area contributed by atoms with Crippen LogP contribution in [0.4, 0.5) is 4.79 Å². The Labute approximate surface area is 350 Å². The Hall–Kier alpha value is -5.83. The molecule has 3 aromatic rings. The zero-order valence-electron chi connectivity index (χ0n) is 33.9. The number of thioether (sulfide) groups is 1. The van der Waals surface area contributed by atoms with Crippen LogP contribution in [0.15, 0.2) is 31.0 Å². The van der Waals surface area contributed by atoms with Crippen molar-refractivity contribution < 1.29 is 57.8 Å². The van der Waals surface area contributed by atoms with Gasteiger partial charge in [-0.1, -0.05) is 12.6 Å². The summed E-state index contributed by atoms with van der Waals surface area (Å²) in [5.41, 5.74) is 2.98. The van der Waals surface area contributed by atoms with Gasteiger partial charge in [-0.05, 0) is 68.1 Å². The van der Waals surface area contributed by atoms with Gasteiger partial charge in [-0.2, -0.15) is 5.26 Å². The highest BCUT2D eigenvalue weighted by Crippen LogP contribution is 2.65. The Morgan fingerprint density at radius 2 is 1.82 bits per heavy atom. The van der Waals surface area contributed by atoms with Crippen LogP contribution in [0.2, 0.25) is 0 Å². The van der Waals surface area contributed by atoms with Gasteiger partial charge in [-0.15, -0.1) is 11.8 Å². The van der Waals surface area contributed by atoms with Crippen LogP contribution in [-0.4, -0.2) is 108 Å². The highest BCUT2D eigenvalue weighted by atomic mass is 32.2. The van der Waals surface area contributed by atoms with Crippen LogP contribution in [0, 0.1) is 25.2 Å². The minimum absolute atomic E-state index is 0.0156. The third-order valence-corrected chi connectivity index (χ3v) is 14.5. The maximum absolute atomic E-state index is 15.3. The number of esters is 2. The number of phenolic OH excluding ortho intramolecular Hbond substituents is 2. The Balaban J connectivity index is 1.36. The molecule has 2 saturated heterocycles. The van der Waals surface area contributed by atoms with Gasteiger partial charge in [-0.25, -0.2) is 9.59 Å². The molecule has 7 aliphatic rings. The van der Waals surface area contributed by atoms with Gasteiger partial charge in [0.25, 0.3) is 0 Å². The van der Waals surface area contributed by atoms with Crippen molar-refractivity contribution in [2.45, 2.75) is 74.6 Å². The van der Waals surface area contributed by atoms with E-state index in [-0.39, 0.29) is 61.2 Å². The molecule has 10 rings (SSSR count). The summed E-state index contributed by atoms with van der Waals surface area (Å²) in [5, 5.41) is 33.5. The SMILES string of the molecule is C=COC(=O)N1CCc2cc(O)c(OC)cc2[C@@]12CS[C@@H]1c3c(OC(C)=O)c(C)c4c(c3[C@H](COC2=O)N2C1[C@H]1c3c(cc(C)c(OC)c3O)C[C@@H]([C@@H]2C#N)N1C)OCO4. The molecule has 0 radical (unpaired) electrons. The molecular weight excluding hydrogens is 797 g/mol. The second-order valence-corrected chi connectivity index (χ2v) is 17.0. The summed E-state index contributed by atoms with van der Waals surface area (Å²) in [4.78, 5) is 47.9. The first-order chi connectivity index (χ1) is 28.8. The smallest absolute Gasteiger partial charge is 0.415 e. The fourth-order valence-corrected chi connectivity index (χ4v) is 12.4. The highest BCUT2D eigenvalue weighted by Gasteiger charge is 2.63. The topological polar surface area (TPSA) is 190 Å². The lowest BCUT2D eigenvalue weighted by atomic mass is 9.71. The monoisotopic (exact) mass is 840 g/mol. The highest BCUT2D eigenvalue weighted by molar-refractivity contribution is 7.99. The summed E-state index contributed by atoms with van der Waals surface area (Å²) in [6.07, 6.45) is 0.841. The lowest BCUT2D eigenvalue weighted by Crippen LogP contribution is -2.69. The maximum Gasteiger partial charge on any atom is 0.415 e. The number of hydrogen-bond donors (Lipinski definition) is 2. The number of phenols is 2. The number of fused-ring (bicyclic) bond motifs is 9. The maximum atomic E-state index is 15.3. The molecule has 314 valence electrons. The van der Waals surface area contributed by atoms with Crippen molar-refractivity contribution in [1.82, 2.24) is 14.7 Å². The van der Waals surface area contributed by atoms with Gasteiger partial charge >= 0.3 is 18.0 Å². The molecule has 7 heterocycles. The van der Waals surface area contributed by atoms with Crippen molar-refractivity contribution in [1.29, 1.82) is 5.26 Å². The number of aromatic hydroxyl groups is 2. The van der Waals surface area contributed by atoms with E-state index in [0.717, 1.165) is 17.4 Å². The van der Waals surface area contributed by atoms with Gasteiger partial charge in [0.05, 0.1) is 43.9 Å². The molecule has 3 aromatic carbocycles. The third kappa shape index (κ3) is 5.39. The van der Waals surface area contributed by atoms with Gasteiger partial charge in [-0.3, -0.25) is 19.5 Å². The van der Waals surface area contributed by atoms with E-state index in [4.69, 9.17) is 33.2 Å². The Kier molecular flexibility index (Phi) is 9.52. The fraction of sp³-hybridized carbons (Fsp3) is 0.442. The lowest BCUT2D eigenvalue weighted by molar-refractivity contribution is -0.162. The first kappa shape index (κ1) is 39.6. The number of benzene rings is 3. The van der Waals surface area contributed by atoms with Crippen molar-refractivity contribution in [3.8, 4) is 46.3 Å². The van der Waals surface area contributed by atoms with E-state index in [0.29, 0.717) is 57.1 Å². The van der Waals surface area contributed by atoms with Crippen LogP contribution in [0.3, 0.4) is 0 Å². The molecule has 0 saturated carbocycles. The van der Waals surface area contributed by atoms with Gasteiger partial charge in [0, 0.05) is 53.6 Å². The Bertz CT molecular complexity index is 2440. The first-order valence-electron chi connectivity index (χ1n) is 19.5. The molecule has 1 spiro atoms. The molecule has 7 aliphatic heterocycles. The van der Waals surface area contributed by atoms with E-state index in [1.807, 2.05) is 20.0 Å². The van der Waals surface area contributed by atoms with Crippen molar-refractivity contribution in [2.75, 3.05) is 47.0 Å². The predicted molar refractivity (Wildman–Crippen MR) is 213 cm³/mol. The quantitative estimate of drug-likeness (QED) is 0.203. The molecule has 1 amide bonds. The first-order valence-corrected chi connectivity index (χ1v) is 20.6. The molecule has 4 bridgehead atoms. The zero-order valence-corrected chi connectivity index (χ0v) is 34.7. The van der Waals surface area contributed by atoms with Crippen LogP contribution >= 0.6 is 11.8 Å². The number of methoxy groups -OCH3 is 2. The standard InChI is InChI=1S/C43H44N4O12S/c1-8-55-42(52)46-10-9-22-13-28(49)29(53-6)14-24(22)43(46)17-60-40-32-31(39-38(57-18-58-39)20(3)37(32)59-21(4)48)27(16-56-41(43)51)47-26(15-44)25-12-23-11-19(2)36(54-7)35(50)30(23)33(34(40)47)45(25)5/h8,11,13-14,25-27,33-34,40,49-50H,1,9-10,12,16-18H2,2-7H3/t25-,26-,27-,33+,34?,40+,43+/m0/s1. The molecule has 0 aliphatic carbocycles. The molecule has 16 nitrogen and oxygen atoms in total. The number of ether oxygens (including phenoxy) is 7. The summed E-state index contributed by atoms with van der Waals surface area (Å²) >= 11 is 1.31. The fourth-order valence-electron chi connectivity index (χ4n) is 10.7. The van der Waals surface area contributed by atoms with E-state index < -0.39 is 53.0 Å². The normalized spacial score (nSPS) is 27.4. The number of hydrogen-bond acceptors (Lipinski definition) is 16. The lowest BCUT2D eigenvalue weighted by Gasteiger charge is -2.62. The minimum Gasteiger partial charge on any atom is -0.504 e. The minimum atomic E-state index is -1.86. The number of rotatable bonds is 4. The molecule has 0 aromatic heterocycles. The molecule has 60 heavy (non-hydrogen) atoms. The van der Waals surface area contributed by atoms with Gasteiger partial charge in [0.15, 0.2) is 40.0 Å². The van der Waals surface area contributed by atoms with Crippen molar-refractivity contribution >= 4 is 29.8 Å². The van der Waals surface area contributed by atoms with Crippen LogP contribution in [-0.2, 0) is 37.4 Å². The van der Waals surface area contributed by atoms with Crippen LogP contribution in [0.25, 0.3) is 0 Å². The zero-order chi connectivity index (χ0) is 42.5. The van der Waals surface area contributed by atoms with Crippen molar-refractivity contribution in [2.24, 2.45) is 0 Å². The second-order valence-electron chi connectivity index (χ2n) is 15.8. The molecule has 7 atom stereocenters. The van der Waals surface area contributed by atoms with E-state index in [1.54, 1.807) is 13.0 Å². The summed E-state index contributed by atoms with van der Waals surface area (Å²) in [7, 11) is 4.83.